The SMILES string of the molecule is O=C(O)c1cc(I)cn2ccnc12. The molecule has 0 radical (unpaired) electrons. The van der Waals surface area contributed by atoms with E-state index >= 15 is 0 Å². The standard InChI is InChI=1S/C8H5IN2O2/c9-5-3-6(8(12)13)7-10-1-2-11(7)4-5/h1-4H,(H,12,13). The number of imidazole rings is 1. The molecule has 0 unspecified atom stereocenters. The van der Waals surface area contributed by atoms with E-state index in [0.29, 0.717) is 5.65 Å². The van der Waals surface area contributed by atoms with Crippen LogP contribution in [0.5, 0.6) is 0 Å². The lowest BCUT2D eigenvalue weighted by molar-refractivity contribution is 0.0698. The fourth-order valence-electron chi connectivity index (χ4n) is 1.16. The predicted molar refractivity (Wildman–Crippen MR) is 54.9 cm³/mol. The molecule has 2 aromatic heterocycles. The van der Waals surface area contributed by atoms with Gasteiger partial charge in [0.25, 0.3) is 0 Å². The quantitative estimate of drug-likeness (QED) is 0.812. The van der Waals surface area contributed by atoms with E-state index in [2.05, 4.69) is 27.6 Å². The Bertz CT molecular complexity index is 478. The molecule has 2 heterocycles. The number of aromatic carboxylic acids is 1. The van der Waals surface area contributed by atoms with Crippen LogP contribution in [0.15, 0.2) is 24.7 Å². The van der Waals surface area contributed by atoms with Crippen molar-refractivity contribution in [3.05, 3.63) is 33.8 Å². The zero-order valence-electron chi connectivity index (χ0n) is 6.44. The lowest BCUT2D eigenvalue weighted by atomic mass is 10.3. The van der Waals surface area contributed by atoms with Crippen molar-refractivity contribution in [3.63, 3.8) is 0 Å². The zero-order chi connectivity index (χ0) is 9.42. The van der Waals surface area contributed by atoms with E-state index < -0.39 is 5.97 Å². The summed E-state index contributed by atoms with van der Waals surface area (Å²) < 4.78 is 2.58. The van der Waals surface area contributed by atoms with Gasteiger partial charge in [-0.2, -0.15) is 0 Å². The van der Waals surface area contributed by atoms with E-state index in [1.165, 1.54) is 0 Å². The van der Waals surface area contributed by atoms with Crippen molar-refractivity contribution < 1.29 is 9.90 Å². The first-order valence-corrected chi connectivity index (χ1v) is 4.62. The number of hydrogen-bond donors (Lipinski definition) is 1. The van der Waals surface area contributed by atoms with Crippen LogP contribution in [0.25, 0.3) is 5.65 Å². The molecule has 0 bridgehead atoms. The maximum Gasteiger partial charge on any atom is 0.339 e. The van der Waals surface area contributed by atoms with Crippen LogP contribution >= 0.6 is 22.6 Å². The van der Waals surface area contributed by atoms with Crippen molar-refractivity contribution in [2.75, 3.05) is 0 Å². The van der Waals surface area contributed by atoms with Gasteiger partial charge in [0, 0.05) is 22.2 Å². The number of carboxylic acid groups (broad SMARTS) is 1. The average Bonchev–Trinajstić information content (AvgIpc) is 2.49. The number of carbonyl (C=O) groups is 1. The van der Waals surface area contributed by atoms with Gasteiger partial charge < -0.3 is 9.51 Å². The van der Waals surface area contributed by atoms with Gasteiger partial charge >= 0.3 is 5.97 Å². The van der Waals surface area contributed by atoms with E-state index in [-0.39, 0.29) is 5.56 Å². The number of pyridine rings is 1. The van der Waals surface area contributed by atoms with Gasteiger partial charge in [0.15, 0.2) is 5.65 Å². The van der Waals surface area contributed by atoms with Crippen molar-refractivity contribution in [1.29, 1.82) is 0 Å². The minimum Gasteiger partial charge on any atom is -0.478 e. The first kappa shape index (κ1) is 8.49. The second-order valence-corrected chi connectivity index (χ2v) is 3.78. The fraction of sp³-hybridized carbons (Fsp3) is 0. The molecule has 0 atom stereocenters. The third-order valence-electron chi connectivity index (χ3n) is 1.68. The number of nitrogens with zero attached hydrogens (tertiary/aromatic N) is 2. The minimum atomic E-state index is -0.949. The Balaban J connectivity index is 2.84. The first-order chi connectivity index (χ1) is 6.18. The predicted octanol–water partition coefficient (Wildman–Crippen LogP) is 1.64. The van der Waals surface area contributed by atoms with Gasteiger partial charge in [-0.3, -0.25) is 0 Å². The summed E-state index contributed by atoms with van der Waals surface area (Å²) in [7, 11) is 0. The van der Waals surface area contributed by atoms with Crippen molar-refractivity contribution in [2.45, 2.75) is 0 Å². The summed E-state index contributed by atoms with van der Waals surface area (Å²) in [4.78, 5) is 14.8. The minimum absolute atomic E-state index is 0.233. The fourth-order valence-corrected chi connectivity index (χ4v) is 1.77. The van der Waals surface area contributed by atoms with E-state index in [0.717, 1.165) is 3.57 Å². The van der Waals surface area contributed by atoms with Crippen LogP contribution in [-0.2, 0) is 0 Å². The molecule has 2 rings (SSSR count). The zero-order valence-corrected chi connectivity index (χ0v) is 8.59. The highest BCUT2D eigenvalue weighted by atomic mass is 127. The Hall–Kier alpha value is -1.11. The number of hydrogen-bond acceptors (Lipinski definition) is 2. The molecule has 2 aromatic rings. The molecule has 0 saturated carbocycles. The summed E-state index contributed by atoms with van der Waals surface area (Å²) in [6, 6.07) is 1.60. The molecule has 5 heteroatoms. The number of rotatable bonds is 1. The van der Waals surface area contributed by atoms with Crippen LogP contribution in [-0.4, -0.2) is 20.5 Å². The van der Waals surface area contributed by atoms with Gasteiger partial charge in [-0.25, -0.2) is 9.78 Å². The summed E-state index contributed by atoms with van der Waals surface area (Å²) in [6.45, 7) is 0. The lowest BCUT2D eigenvalue weighted by Crippen LogP contribution is -2.01. The van der Waals surface area contributed by atoms with Gasteiger partial charge in [-0.05, 0) is 28.7 Å². The molecule has 13 heavy (non-hydrogen) atoms. The maximum atomic E-state index is 10.8. The number of halogens is 1. The largest absolute Gasteiger partial charge is 0.478 e. The highest BCUT2D eigenvalue weighted by Gasteiger charge is 2.10. The molecule has 0 aliphatic carbocycles. The van der Waals surface area contributed by atoms with Gasteiger partial charge in [0.2, 0.25) is 0 Å². The van der Waals surface area contributed by atoms with Crippen LogP contribution in [0.3, 0.4) is 0 Å². The summed E-state index contributed by atoms with van der Waals surface area (Å²) in [5.74, 6) is -0.949. The van der Waals surface area contributed by atoms with Crippen LogP contribution in [0.1, 0.15) is 10.4 Å². The normalized spacial score (nSPS) is 10.5. The van der Waals surface area contributed by atoms with Gasteiger partial charge in [0.1, 0.15) is 5.56 Å². The lowest BCUT2D eigenvalue weighted by Gasteiger charge is -1.99. The van der Waals surface area contributed by atoms with Gasteiger partial charge in [-0.15, -0.1) is 0 Å². The average molecular weight is 288 g/mol. The molecule has 4 nitrogen and oxygen atoms in total. The summed E-state index contributed by atoms with van der Waals surface area (Å²) in [5.41, 5.74) is 0.713. The molecule has 66 valence electrons. The van der Waals surface area contributed by atoms with Crippen LogP contribution in [0.4, 0.5) is 0 Å². The number of aromatic nitrogens is 2. The molecule has 0 aliphatic heterocycles. The molecule has 0 amide bonds. The Labute approximate surface area is 87.4 Å². The molecule has 0 spiro atoms. The Kier molecular flexibility index (Phi) is 1.95. The molecule has 0 saturated heterocycles. The Morgan fingerprint density at radius 1 is 1.62 bits per heavy atom. The highest BCUT2D eigenvalue weighted by molar-refractivity contribution is 14.1. The van der Waals surface area contributed by atoms with Crippen molar-refractivity contribution in [3.8, 4) is 0 Å². The second-order valence-electron chi connectivity index (χ2n) is 2.54. The topological polar surface area (TPSA) is 54.6 Å². The molecule has 0 aromatic carbocycles. The monoisotopic (exact) mass is 288 g/mol. The maximum absolute atomic E-state index is 10.8. The Morgan fingerprint density at radius 3 is 3.08 bits per heavy atom. The van der Waals surface area contributed by atoms with E-state index in [1.54, 1.807) is 22.9 Å². The highest BCUT2D eigenvalue weighted by Crippen LogP contribution is 2.13. The first-order valence-electron chi connectivity index (χ1n) is 3.54. The summed E-state index contributed by atoms with van der Waals surface area (Å²) in [5, 5.41) is 8.87. The van der Waals surface area contributed by atoms with Gasteiger partial charge in [0.05, 0.1) is 0 Å². The Morgan fingerprint density at radius 2 is 2.38 bits per heavy atom. The van der Waals surface area contributed by atoms with E-state index in [1.807, 2.05) is 6.20 Å². The van der Waals surface area contributed by atoms with Gasteiger partial charge in [-0.1, -0.05) is 0 Å². The number of carboxylic acids is 1. The van der Waals surface area contributed by atoms with E-state index in [4.69, 9.17) is 5.11 Å². The molecule has 1 N–H and O–H groups in total. The smallest absolute Gasteiger partial charge is 0.339 e. The van der Waals surface area contributed by atoms with Crippen LogP contribution in [0.2, 0.25) is 0 Å². The molecular formula is C8H5IN2O2. The van der Waals surface area contributed by atoms with E-state index in [9.17, 15) is 4.79 Å². The summed E-state index contributed by atoms with van der Waals surface area (Å²) in [6.07, 6.45) is 5.14. The van der Waals surface area contributed by atoms with Crippen LogP contribution < -0.4 is 0 Å². The molecule has 0 aliphatic rings. The molecular weight excluding hydrogens is 283 g/mol. The third kappa shape index (κ3) is 1.39. The summed E-state index contributed by atoms with van der Waals surface area (Å²) >= 11 is 2.07. The third-order valence-corrected chi connectivity index (χ3v) is 2.27. The van der Waals surface area contributed by atoms with Crippen molar-refractivity contribution in [2.24, 2.45) is 0 Å². The molecule has 0 fully saturated rings. The van der Waals surface area contributed by atoms with Crippen molar-refractivity contribution >= 4 is 34.2 Å². The van der Waals surface area contributed by atoms with Crippen LogP contribution in [0, 0.1) is 3.57 Å². The second kappa shape index (κ2) is 2.99. The van der Waals surface area contributed by atoms with Crippen molar-refractivity contribution in [1.82, 2.24) is 9.38 Å². The number of fused-ring (bicyclic) bond motifs is 1.